The molecule has 1 atom stereocenters. The topological polar surface area (TPSA) is 71.4 Å². The van der Waals surface area contributed by atoms with Crippen LogP contribution in [0.15, 0.2) is 18.7 Å². The molecule has 0 saturated carbocycles. The maximum atomic E-state index is 12.5. The Labute approximate surface area is 136 Å². The summed E-state index contributed by atoms with van der Waals surface area (Å²) < 4.78 is 1.98. The van der Waals surface area contributed by atoms with Gasteiger partial charge in [0.05, 0.1) is 6.54 Å². The molecule has 1 aromatic heterocycles. The number of aromatic nitrogens is 1. The number of nitrogens with zero attached hydrogens (tertiary/aromatic N) is 2. The van der Waals surface area contributed by atoms with E-state index in [0.29, 0.717) is 18.5 Å². The van der Waals surface area contributed by atoms with Crippen LogP contribution in [0, 0.1) is 13.8 Å². The Hall–Kier alpha value is -2.37. The van der Waals surface area contributed by atoms with Crippen LogP contribution >= 0.6 is 0 Å². The lowest BCUT2D eigenvalue weighted by molar-refractivity contribution is -0.127. The summed E-state index contributed by atoms with van der Waals surface area (Å²) >= 11 is 0. The van der Waals surface area contributed by atoms with Gasteiger partial charge in [0.25, 0.3) is 5.91 Å². The largest absolute Gasteiger partial charge is 0.345 e. The van der Waals surface area contributed by atoms with Gasteiger partial charge in [0, 0.05) is 23.5 Å². The van der Waals surface area contributed by atoms with E-state index in [4.69, 9.17) is 0 Å². The van der Waals surface area contributed by atoms with Crippen LogP contribution in [0.1, 0.15) is 41.5 Å². The van der Waals surface area contributed by atoms with Crippen LogP contribution in [0.4, 0.5) is 4.79 Å². The zero-order chi connectivity index (χ0) is 17.1. The minimum Gasteiger partial charge on any atom is -0.345 e. The predicted molar refractivity (Wildman–Crippen MR) is 87.4 cm³/mol. The van der Waals surface area contributed by atoms with Gasteiger partial charge in [0.1, 0.15) is 6.04 Å². The lowest BCUT2D eigenvalue weighted by atomic mass is 10.1. The fraction of sp³-hybridized carbons (Fsp3) is 0.471. The standard InChI is InChI=1S/C17H23N3O3/c1-5-7-14-16(22)20(17(23)18-14)10-15(21)13-9-11(3)19(8-6-2)12(13)4/h6,9,14H,2,5,7-8,10H2,1,3-4H3,(H,18,23)/t14-/m0/s1. The van der Waals surface area contributed by atoms with Crippen LogP contribution in [-0.2, 0) is 11.3 Å². The number of hydrogen-bond acceptors (Lipinski definition) is 3. The van der Waals surface area contributed by atoms with Gasteiger partial charge >= 0.3 is 6.03 Å². The summed E-state index contributed by atoms with van der Waals surface area (Å²) in [6.45, 7) is 9.83. The van der Waals surface area contributed by atoms with E-state index in [-0.39, 0.29) is 18.2 Å². The number of urea groups is 1. The number of carbonyl (C=O) groups excluding carboxylic acids is 3. The average Bonchev–Trinajstić information content (AvgIpc) is 2.93. The van der Waals surface area contributed by atoms with Gasteiger partial charge in [0.2, 0.25) is 0 Å². The van der Waals surface area contributed by atoms with E-state index in [2.05, 4.69) is 11.9 Å². The summed E-state index contributed by atoms with van der Waals surface area (Å²) in [5.41, 5.74) is 2.32. The molecule has 1 aromatic rings. The van der Waals surface area contributed by atoms with Crippen LogP contribution in [-0.4, -0.2) is 39.8 Å². The van der Waals surface area contributed by atoms with E-state index >= 15 is 0 Å². The normalized spacial score (nSPS) is 17.5. The third-order valence-electron chi connectivity index (χ3n) is 4.17. The number of Topliss-reactive ketones (excluding diaryl/α,β-unsaturated/α-hetero) is 1. The Bertz CT molecular complexity index is 660. The van der Waals surface area contributed by atoms with Crippen molar-refractivity contribution in [2.75, 3.05) is 6.54 Å². The Morgan fingerprint density at radius 2 is 2.09 bits per heavy atom. The van der Waals surface area contributed by atoms with Crippen LogP contribution in [0.2, 0.25) is 0 Å². The lowest BCUT2D eigenvalue weighted by Crippen LogP contribution is -2.36. The van der Waals surface area contributed by atoms with Gasteiger partial charge in [-0.2, -0.15) is 0 Å². The molecule has 1 N–H and O–H groups in total. The molecular weight excluding hydrogens is 294 g/mol. The fourth-order valence-electron chi connectivity index (χ4n) is 2.93. The van der Waals surface area contributed by atoms with Crippen molar-refractivity contribution in [2.45, 2.75) is 46.2 Å². The smallest absolute Gasteiger partial charge is 0.325 e. The second-order valence-corrected chi connectivity index (χ2v) is 5.82. The molecule has 0 bridgehead atoms. The Morgan fingerprint density at radius 3 is 2.70 bits per heavy atom. The first-order valence-corrected chi connectivity index (χ1v) is 7.83. The van der Waals surface area contributed by atoms with E-state index in [1.807, 2.05) is 25.3 Å². The monoisotopic (exact) mass is 317 g/mol. The molecule has 2 rings (SSSR count). The van der Waals surface area contributed by atoms with Crippen molar-refractivity contribution >= 4 is 17.7 Å². The van der Waals surface area contributed by atoms with Crippen LogP contribution in [0.5, 0.6) is 0 Å². The number of imide groups is 1. The zero-order valence-electron chi connectivity index (χ0n) is 13.9. The van der Waals surface area contributed by atoms with E-state index in [0.717, 1.165) is 22.7 Å². The van der Waals surface area contributed by atoms with Crippen molar-refractivity contribution in [1.29, 1.82) is 0 Å². The van der Waals surface area contributed by atoms with Crippen LogP contribution in [0.25, 0.3) is 0 Å². The highest BCUT2D eigenvalue weighted by atomic mass is 16.2. The maximum absolute atomic E-state index is 12.5. The van der Waals surface area contributed by atoms with Gasteiger partial charge in [-0.05, 0) is 26.3 Å². The molecule has 124 valence electrons. The first kappa shape index (κ1) is 17.0. The van der Waals surface area contributed by atoms with Gasteiger partial charge in [-0.25, -0.2) is 4.79 Å². The van der Waals surface area contributed by atoms with Crippen molar-refractivity contribution in [3.05, 3.63) is 35.7 Å². The quantitative estimate of drug-likeness (QED) is 0.476. The van der Waals surface area contributed by atoms with Crippen molar-refractivity contribution < 1.29 is 14.4 Å². The molecule has 1 aliphatic rings. The molecule has 23 heavy (non-hydrogen) atoms. The Kier molecular flexibility index (Phi) is 5.03. The SMILES string of the molecule is C=CCn1c(C)cc(C(=O)CN2C(=O)N[C@@H](CCC)C2=O)c1C. The van der Waals surface area contributed by atoms with Gasteiger partial charge in [-0.15, -0.1) is 6.58 Å². The molecule has 1 saturated heterocycles. The summed E-state index contributed by atoms with van der Waals surface area (Å²) in [6.07, 6.45) is 3.14. The number of amides is 3. The molecule has 0 aromatic carbocycles. The number of rotatable bonds is 7. The van der Waals surface area contributed by atoms with E-state index in [1.54, 1.807) is 12.1 Å². The van der Waals surface area contributed by atoms with Crippen molar-refractivity contribution in [1.82, 2.24) is 14.8 Å². The molecule has 2 heterocycles. The summed E-state index contributed by atoms with van der Waals surface area (Å²) in [4.78, 5) is 37.7. The average molecular weight is 317 g/mol. The first-order valence-electron chi connectivity index (χ1n) is 7.83. The highest BCUT2D eigenvalue weighted by Gasteiger charge is 2.38. The van der Waals surface area contributed by atoms with Crippen molar-refractivity contribution in [3.63, 3.8) is 0 Å². The lowest BCUT2D eigenvalue weighted by Gasteiger charge is -2.12. The number of hydrogen-bond donors (Lipinski definition) is 1. The van der Waals surface area contributed by atoms with Crippen LogP contribution < -0.4 is 5.32 Å². The summed E-state index contributed by atoms with van der Waals surface area (Å²) in [5, 5.41) is 2.63. The van der Waals surface area contributed by atoms with Gasteiger partial charge < -0.3 is 9.88 Å². The van der Waals surface area contributed by atoms with Gasteiger partial charge in [-0.1, -0.05) is 19.4 Å². The van der Waals surface area contributed by atoms with E-state index < -0.39 is 12.1 Å². The minimum atomic E-state index is -0.506. The number of nitrogens with one attached hydrogen (secondary N) is 1. The third-order valence-corrected chi connectivity index (χ3v) is 4.17. The molecule has 0 radical (unpaired) electrons. The fourth-order valence-corrected chi connectivity index (χ4v) is 2.93. The molecule has 1 fully saturated rings. The molecular formula is C17H23N3O3. The highest BCUT2D eigenvalue weighted by Crippen LogP contribution is 2.18. The van der Waals surface area contributed by atoms with Gasteiger partial charge in [-0.3, -0.25) is 14.5 Å². The number of ketones is 1. The van der Waals surface area contributed by atoms with Crippen molar-refractivity contribution in [2.24, 2.45) is 0 Å². The van der Waals surface area contributed by atoms with Crippen LogP contribution in [0.3, 0.4) is 0 Å². The first-order chi connectivity index (χ1) is 10.9. The summed E-state index contributed by atoms with van der Waals surface area (Å²) in [6, 6.07) is 0.804. The van der Waals surface area contributed by atoms with E-state index in [9.17, 15) is 14.4 Å². The second-order valence-electron chi connectivity index (χ2n) is 5.82. The maximum Gasteiger partial charge on any atom is 0.325 e. The zero-order valence-corrected chi connectivity index (χ0v) is 13.9. The number of carbonyl (C=O) groups is 3. The Balaban J connectivity index is 2.16. The second kappa shape index (κ2) is 6.81. The van der Waals surface area contributed by atoms with E-state index in [1.165, 1.54) is 0 Å². The molecule has 3 amide bonds. The van der Waals surface area contributed by atoms with Crippen molar-refractivity contribution in [3.8, 4) is 0 Å². The van der Waals surface area contributed by atoms with Gasteiger partial charge in [0.15, 0.2) is 5.78 Å². The molecule has 0 spiro atoms. The molecule has 1 aliphatic heterocycles. The molecule has 6 heteroatoms. The Morgan fingerprint density at radius 1 is 1.39 bits per heavy atom. The number of aryl methyl sites for hydroxylation is 1. The summed E-state index contributed by atoms with van der Waals surface area (Å²) in [7, 11) is 0. The highest BCUT2D eigenvalue weighted by molar-refractivity contribution is 6.09. The molecule has 0 aliphatic carbocycles. The molecule has 0 unspecified atom stereocenters. The molecule has 6 nitrogen and oxygen atoms in total. The minimum absolute atomic E-state index is 0.219. The third kappa shape index (κ3) is 3.21. The number of allylic oxidation sites excluding steroid dienone is 1. The predicted octanol–water partition coefficient (Wildman–Crippen LogP) is 2.19. The summed E-state index contributed by atoms with van der Waals surface area (Å²) in [5.74, 6) is -0.542.